The highest BCUT2D eigenvalue weighted by atomic mass is 35.5. The first kappa shape index (κ1) is 13.8. The summed E-state index contributed by atoms with van der Waals surface area (Å²) in [5.41, 5.74) is 8.39. The minimum atomic E-state index is -0.381. The Morgan fingerprint density at radius 1 is 1.47 bits per heavy atom. The van der Waals surface area contributed by atoms with Crippen LogP contribution in [0.3, 0.4) is 0 Å². The average molecular weight is 283 g/mol. The number of hydrogen-bond donors (Lipinski definition) is 2. The summed E-state index contributed by atoms with van der Waals surface area (Å²) < 4.78 is 15.1. The van der Waals surface area contributed by atoms with Gasteiger partial charge in [-0.25, -0.2) is 4.39 Å². The lowest BCUT2D eigenvalue weighted by atomic mass is 10.1. The van der Waals surface area contributed by atoms with Crippen molar-refractivity contribution in [2.45, 2.75) is 13.0 Å². The van der Waals surface area contributed by atoms with Crippen molar-refractivity contribution in [3.63, 3.8) is 0 Å². The average Bonchev–Trinajstić information content (AvgIpc) is 2.66. The maximum absolute atomic E-state index is 13.3. The highest BCUT2D eigenvalue weighted by molar-refractivity contribution is 6.30. The molecule has 2 rings (SSSR count). The zero-order valence-corrected chi connectivity index (χ0v) is 11.6. The molecule has 1 atom stereocenters. The maximum Gasteiger partial charge on any atom is 0.126 e. The van der Waals surface area contributed by atoms with E-state index in [0.29, 0.717) is 17.3 Å². The summed E-state index contributed by atoms with van der Waals surface area (Å²) in [4.78, 5) is 0. The van der Waals surface area contributed by atoms with Gasteiger partial charge in [-0.2, -0.15) is 5.10 Å². The lowest BCUT2D eigenvalue weighted by Gasteiger charge is -2.18. The second kappa shape index (κ2) is 5.59. The van der Waals surface area contributed by atoms with Gasteiger partial charge in [0.15, 0.2) is 0 Å². The van der Waals surface area contributed by atoms with Crippen molar-refractivity contribution in [3.05, 3.63) is 46.5 Å². The van der Waals surface area contributed by atoms with Crippen molar-refractivity contribution in [2.24, 2.45) is 12.8 Å². The third-order valence-corrected chi connectivity index (χ3v) is 3.31. The second-order valence-electron chi connectivity index (χ2n) is 4.40. The van der Waals surface area contributed by atoms with Crippen LogP contribution in [-0.2, 0) is 7.05 Å². The topological polar surface area (TPSA) is 55.9 Å². The molecule has 1 aromatic heterocycles. The molecule has 0 aliphatic heterocycles. The molecule has 0 spiro atoms. The summed E-state index contributed by atoms with van der Waals surface area (Å²) in [6.45, 7) is 2.34. The Morgan fingerprint density at radius 3 is 2.74 bits per heavy atom. The number of anilines is 1. The van der Waals surface area contributed by atoms with Crippen LogP contribution in [-0.4, -0.2) is 16.3 Å². The third kappa shape index (κ3) is 3.05. The fourth-order valence-corrected chi connectivity index (χ4v) is 2.18. The van der Waals surface area contributed by atoms with Crippen LogP contribution in [0.2, 0.25) is 5.02 Å². The lowest BCUT2D eigenvalue weighted by Crippen LogP contribution is -2.21. The first-order valence-corrected chi connectivity index (χ1v) is 6.30. The third-order valence-electron chi connectivity index (χ3n) is 3.09. The van der Waals surface area contributed by atoms with E-state index in [0.717, 1.165) is 11.3 Å². The molecule has 1 aromatic carbocycles. The zero-order chi connectivity index (χ0) is 14.0. The number of halogens is 2. The Bertz CT molecular complexity index is 562. The predicted octanol–water partition coefficient (Wildman–Crippen LogP) is 2.63. The SMILES string of the molecule is Cc1c(C(CN)Nc2cc(F)cc(Cl)c2)cnn1C. The number of nitrogens with one attached hydrogen (secondary N) is 1. The maximum atomic E-state index is 13.3. The van der Waals surface area contributed by atoms with Crippen molar-refractivity contribution in [1.82, 2.24) is 9.78 Å². The number of rotatable bonds is 4. The van der Waals surface area contributed by atoms with Crippen molar-refractivity contribution in [3.8, 4) is 0 Å². The van der Waals surface area contributed by atoms with Crippen molar-refractivity contribution in [2.75, 3.05) is 11.9 Å². The molecule has 6 heteroatoms. The summed E-state index contributed by atoms with van der Waals surface area (Å²) in [6.07, 6.45) is 1.76. The first-order valence-electron chi connectivity index (χ1n) is 5.92. The smallest absolute Gasteiger partial charge is 0.126 e. The molecule has 0 aliphatic carbocycles. The molecule has 102 valence electrons. The minimum Gasteiger partial charge on any atom is -0.377 e. The largest absolute Gasteiger partial charge is 0.377 e. The molecular formula is C13H16ClFN4. The molecule has 0 bridgehead atoms. The summed E-state index contributed by atoms with van der Waals surface area (Å²) in [5, 5.41) is 7.71. The standard InChI is InChI=1S/C13H16ClFN4/c1-8-12(7-17-19(8)2)13(6-16)18-11-4-9(14)3-10(15)5-11/h3-5,7,13,18H,6,16H2,1-2H3. The fraction of sp³-hybridized carbons (Fsp3) is 0.308. The van der Waals surface area contributed by atoms with Gasteiger partial charge in [0.25, 0.3) is 0 Å². The number of nitrogens with zero attached hydrogens (tertiary/aromatic N) is 2. The molecule has 1 unspecified atom stereocenters. The van der Waals surface area contributed by atoms with Crippen LogP contribution < -0.4 is 11.1 Å². The summed E-state index contributed by atoms with van der Waals surface area (Å²) in [5.74, 6) is -0.381. The van der Waals surface area contributed by atoms with E-state index in [1.54, 1.807) is 16.9 Å². The van der Waals surface area contributed by atoms with Gasteiger partial charge in [0, 0.05) is 35.6 Å². The van der Waals surface area contributed by atoms with Gasteiger partial charge in [0.1, 0.15) is 5.82 Å². The van der Waals surface area contributed by atoms with Crippen LogP contribution in [0, 0.1) is 12.7 Å². The summed E-state index contributed by atoms with van der Waals surface area (Å²) in [7, 11) is 1.87. The number of aryl methyl sites for hydroxylation is 1. The van der Waals surface area contributed by atoms with E-state index >= 15 is 0 Å². The van der Waals surface area contributed by atoms with E-state index in [9.17, 15) is 4.39 Å². The lowest BCUT2D eigenvalue weighted by molar-refractivity contribution is 0.627. The van der Waals surface area contributed by atoms with E-state index in [-0.39, 0.29) is 11.9 Å². The zero-order valence-electron chi connectivity index (χ0n) is 10.8. The molecule has 0 amide bonds. The molecule has 3 N–H and O–H groups in total. The molecule has 19 heavy (non-hydrogen) atoms. The van der Waals surface area contributed by atoms with Crippen molar-refractivity contribution >= 4 is 17.3 Å². The van der Waals surface area contributed by atoms with Crippen LogP contribution in [0.1, 0.15) is 17.3 Å². The Labute approximate surface area is 116 Å². The molecule has 4 nitrogen and oxygen atoms in total. The number of nitrogens with two attached hydrogens (primary N) is 1. The molecule has 0 radical (unpaired) electrons. The van der Waals surface area contributed by atoms with Gasteiger partial charge < -0.3 is 11.1 Å². The monoisotopic (exact) mass is 282 g/mol. The second-order valence-corrected chi connectivity index (χ2v) is 4.84. The van der Waals surface area contributed by atoms with E-state index in [1.807, 2.05) is 14.0 Å². The Balaban J connectivity index is 2.26. The molecule has 1 heterocycles. The predicted molar refractivity (Wildman–Crippen MR) is 74.8 cm³/mol. The van der Waals surface area contributed by atoms with Gasteiger partial charge in [-0.3, -0.25) is 4.68 Å². The molecule has 2 aromatic rings. The Hall–Kier alpha value is -1.59. The van der Waals surface area contributed by atoms with Crippen LogP contribution >= 0.6 is 11.6 Å². The first-order chi connectivity index (χ1) is 9.01. The highest BCUT2D eigenvalue weighted by Crippen LogP contribution is 2.24. The summed E-state index contributed by atoms with van der Waals surface area (Å²) in [6, 6.07) is 4.19. The highest BCUT2D eigenvalue weighted by Gasteiger charge is 2.15. The molecule has 0 aliphatic rings. The van der Waals surface area contributed by atoms with E-state index < -0.39 is 0 Å². The molecule has 0 fully saturated rings. The van der Waals surface area contributed by atoms with E-state index in [2.05, 4.69) is 10.4 Å². The van der Waals surface area contributed by atoms with E-state index in [4.69, 9.17) is 17.3 Å². The summed E-state index contributed by atoms with van der Waals surface area (Å²) >= 11 is 5.83. The van der Waals surface area contributed by atoms with Crippen LogP contribution in [0.4, 0.5) is 10.1 Å². The van der Waals surface area contributed by atoms with Crippen LogP contribution in [0.5, 0.6) is 0 Å². The number of aromatic nitrogens is 2. The van der Waals surface area contributed by atoms with Gasteiger partial charge in [-0.15, -0.1) is 0 Å². The Morgan fingerprint density at radius 2 is 2.21 bits per heavy atom. The molecule has 0 saturated carbocycles. The fourth-order valence-electron chi connectivity index (χ4n) is 1.96. The Kier molecular flexibility index (Phi) is 4.07. The van der Waals surface area contributed by atoms with Gasteiger partial charge in [0.2, 0.25) is 0 Å². The molecule has 0 saturated heterocycles. The normalized spacial score (nSPS) is 12.5. The van der Waals surface area contributed by atoms with Gasteiger partial charge in [-0.1, -0.05) is 11.6 Å². The number of benzene rings is 1. The van der Waals surface area contributed by atoms with Crippen molar-refractivity contribution in [1.29, 1.82) is 0 Å². The van der Waals surface area contributed by atoms with Crippen molar-refractivity contribution < 1.29 is 4.39 Å². The quantitative estimate of drug-likeness (QED) is 0.906. The molecular weight excluding hydrogens is 267 g/mol. The minimum absolute atomic E-state index is 0.133. The van der Waals surface area contributed by atoms with Gasteiger partial charge in [0.05, 0.1) is 12.2 Å². The number of hydrogen-bond acceptors (Lipinski definition) is 3. The van der Waals surface area contributed by atoms with Crippen LogP contribution in [0.25, 0.3) is 0 Å². The van der Waals surface area contributed by atoms with E-state index in [1.165, 1.54) is 12.1 Å². The van der Waals surface area contributed by atoms with Crippen LogP contribution in [0.15, 0.2) is 24.4 Å². The van der Waals surface area contributed by atoms with Gasteiger partial charge in [-0.05, 0) is 25.1 Å². The van der Waals surface area contributed by atoms with Gasteiger partial charge >= 0.3 is 0 Å².